The van der Waals surface area contributed by atoms with Gasteiger partial charge in [0.1, 0.15) is 0 Å². The van der Waals surface area contributed by atoms with E-state index in [2.05, 4.69) is 52.9 Å². The van der Waals surface area contributed by atoms with Gasteiger partial charge in [0.05, 0.1) is 24.7 Å². The van der Waals surface area contributed by atoms with Gasteiger partial charge in [0.2, 0.25) is 0 Å². The van der Waals surface area contributed by atoms with Crippen molar-refractivity contribution in [1.82, 2.24) is 0 Å². The van der Waals surface area contributed by atoms with E-state index in [9.17, 15) is 0 Å². The van der Waals surface area contributed by atoms with E-state index >= 15 is 0 Å². The maximum absolute atomic E-state index is 8.80. The third-order valence-corrected chi connectivity index (χ3v) is 4.22. The minimum absolute atomic E-state index is 0.110. The molecule has 0 spiro atoms. The van der Waals surface area contributed by atoms with Crippen LogP contribution in [0.25, 0.3) is 0 Å². The molecule has 1 saturated heterocycles. The van der Waals surface area contributed by atoms with Gasteiger partial charge in [-0.1, -0.05) is 52.9 Å². The minimum atomic E-state index is 0.110. The maximum atomic E-state index is 8.80. The van der Waals surface area contributed by atoms with E-state index in [1.165, 1.54) is 5.56 Å². The first-order chi connectivity index (χ1) is 8.33. The number of hydrogen-bond acceptors (Lipinski definition) is 2. The van der Waals surface area contributed by atoms with Crippen molar-refractivity contribution in [2.75, 3.05) is 4.43 Å². The van der Waals surface area contributed by atoms with E-state index in [1.807, 2.05) is 6.07 Å². The van der Waals surface area contributed by atoms with Crippen molar-refractivity contribution in [3.05, 3.63) is 35.9 Å². The number of ether oxygens (including phenoxy) is 1. The third-order valence-electron chi connectivity index (χ3n) is 3.24. The third kappa shape index (κ3) is 3.43. The van der Waals surface area contributed by atoms with Gasteiger partial charge in [-0.2, -0.15) is 5.26 Å². The highest BCUT2D eigenvalue weighted by molar-refractivity contribution is 14.1. The van der Waals surface area contributed by atoms with Crippen LogP contribution in [0.1, 0.15) is 30.7 Å². The highest BCUT2D eigenvalue weighted by atomic mass is 127. The summed E-state index contributed by atoms with van der Waals surface area (Å²) in [7, 11) is 0. The number of halogens is 1. The fourth-order valence-corrected chi connectivity index (χ4v) is 3.01. The Morgan fingerprint density at radius 1 is 1.24 bits per heavy atom. The summed E-state index contributed by atoms with van der Waals surface area (Å²) in [5, 5.41) is 8.80. The molecule has 1 aliphatic rings. The summed E-state index contributed by atoms with van der Waals surface area (Å²) in [4.78, 5) is 0. The lowest BCUT2D eigenvalue weighted by Gasteiger charge is -2.34. The van der Waals surface area contributed by atoms with Crippen LogP contribution in [0, 0.1) is 11.3 Å². The molecule has 0 aliphatic carbocycles. The van der Waals surface area contributed by atoms with Crippen molar-refractivity contribution < 1.29 is 4.74 Å². The summed E-state index contributed by atoms with van der Waals surface area (Å²) in [5.41, 5.74) is 1.38. The van der Waals surface area contributed by atoms with E-state index in [-0.39, 0.29) is 6.10 Å². The van der Waals surface area contributed by atoms with Crippen LogP contribution >= 0.6 is 22.6 Å². The fourth-order valence-electron chi connectivity index (χ4n) is 2.44. The van der Waals surface area contributed by atoms with Crippen molar-refractivity contribution in [1.29, 1.82) is 5.26 Å². The lowest BCUT2D eigenvalue weighted by atomic mass is 9.85. The zero-order valence-electron chi connectivity index (χ0n) is 9.68. The molecule has 0 bridgehead atoms. The highest BCUT2D eigenvalue weighted by Crippen LogP contribution is 2.34. The van der Waals surface area contributed by atoms with E-state index in [4.69, 9.17) is 10.00 Å². The van der Waals surface area contributed by atoms with Crippen LogP contribution in [-0.2, 0) is 4.74 Å². The summed E-state index contributed by atoms with van der Waals surface area (Å²) in [6, 6.07) is 12.8. The second kappa shape index (κ2) is 6.36. The number of nitrogens with zero attached hydrogens (tertiary/aromatic N) is 1. The van der Waals surface area contributed by atoms with Crippen molar-refractivity contribution in [2.45, 2.75) is 37.4 Å². The normalized spacial score (nSPS) is 28.6. The Balaban J connectivity index is 2.09. The number of rotatable bonds is 3. The van der Waals surface area contributed by atoms with Crippen LogP contribution in [0.5, 0.6) is 0 Å². The van der Waals surface area contributed by atoms with Crippen LogP contribution in [0.2, 0.25) is 0 Å². The Kier molecular flexibility index (Phi) is 4.81. The molecule has 90 valence electrons. The molecule has 3 heteroatoms. The molecule has 1 aliphatic heterocycles. The van der Waals surface area contributed by atoms with Crippen molar-refractivity contribution in [3.8, 4) is 6.07 Å². The van der Waals surface area contributed by atoms with Gasteiger partial charge in [-0.3, -0.25) is 0 Å². The van der Waals surface area contributed by atoms with E-state index in [0.717, 1.165) is 17.3 Å². The van der Waals surface area contributed by atoms with Crippen molar-refractivity contribution in [3.63, 3.8) is 0 Å². The molecular weight excluding hydrogens is 325 g/mol. The predicted molar refractivity (Wildman–Crippen MR) is 76.2 cm³/mol. The monoisotopic (exact) mass is 341 g/mol. The first kappa shape index (κ1) is 12.8. The van der Waals surface area contributed by atoms with Gasteiger partial charge in [0.15, 0.2) is 0 Å². The number of nitriles is 1. The average Bonchev–Trinajstić information content (AvgIpc) is 2.40. The van der Waals surface area contributed by atoms with Crippen LogP contribution in [0.15, 0.2) is 30.3 Å². The molecule has 1 aromatic rings. The molecule has 1 heterocycles. The Morgan fingerprint density at radius 3 is 2.59 bits per heavy atom. The van der Waals surface area contributed by atoms with Gasteiger partial charge in [-0.05, 0) is 24.3 Å². The topological polar surface area (TPSA) is 33.0 Å². The van der Waals surface area contributed by atoms with E-state index < -0.39 is 0 Å². The average molecular weight is 341 g/mol. The highest BCUT2D eigenvalue weighted by Gasteiger charge is 2.29. The molecule has 17 heavy (non-hydrogen) atoms. The summed E-state index contributed by atoms with van der Waals surface area (Å²) >= 11 is 2.37. The fraction of sp³-hybridized carbons (Fsp3) is 0.500. The smallest absolute Gasteiger partial charge is 0.0714 e. The maximum Gasteiger partial charge on any atom is 0.0714 e. The largest absolute Gasteiger partial charge is 0.373 e. The number of hydrogen-bond donors (Lipinski definition) is 0. The van der Waals surface area contributed by atoms with Crippen LogP contribution in [-0.4, -0.2) is 16.6 Å². The first-order valence-corrected chi connectivity index (χ1v) is 7.49. The molecule has 3 atom stereocenters. The summed E-state index contributed by atoms with van der Waals surface area (Å²) in [6.07, 6.45) is 2.97. The molecule has 2 nitrogen and oxygen atoms in total. The van der Waals surface area contributed by atoms with Crippen LogP contribution in [0.3, 0.4) is 0 Å². The van der Waals surface area contributed by atoms with Gasteiger partial charge >= 0.3 is 0 Å². The summed E-state index contributed by atoms with van der Waals surface area (Å²) < 4.78 is 6.90. The SMILES string of the molecule is N#CC[C@@H]1C[C@H](c2ccccc2)C[C@H](CI)O1. The van der Waals surface area contributed by atoms with Gasteiger partial charge in [0.25, 0.3) is 0 Å². The number of benzene rings is 1. The molecular formula is C14H16INO. The molecule has 0 N–H and O–H groups in total. The van der Waals surface area contributed by atoms with Crippen LogP contribution < -0.4 is 0 Å². The second-order valence-corrected chi connectivity index (χ2v) is 5.36. The molecule has 1 fully saturated rings. The number of alkyl halides is 1. The molecule has 0 saturated carbocycles. The standard InChI is InChI=1S/C14H16INO/c15-10-14-9-12(8-13(17-14)6-7-16)11-4-2-1-3-5-11/h1-5,12-14H,6,8-10H2/t12-,13+,14+/m0/s1. The Morgan fingerprint density at radius 2 is 1.94 bits per heavy atom. The van der Waals surface area contributed by atoms with Crippen LogP contribution in [0.4, 0.5) is 0 Å². The first-order valence-electron chi connectivity index (χ1n) is 5.96. The molecule has 1 aromatic carbocycles. The summed E-state index contributed by atoms with van der Waals surface area (Å²) in [5.74, 6) is 0.545. The molecule has 0 radical (unpaired) electrons. The predicted octanol–water partition coefficient (Wildman–Crippen LogP) is 3.67. The quantitative estimate of drug-likeness (QED) is 0.621. The van der Waals surface area contributed by atoms with Gasteiger partial charge in [0, 0.05) is 4.43 Å². The minimum Gasteiger partial charge on any atom is -0.373 e. The van der Waals surface area contributed by atoms with E-state index in [1.54, 1.807) is 0 Å². The summed E-state index contributed by atoms with van der Waals surface area (Å²) in [6.45, 7) is 0. The van der Waals surface area contributed by atoms with Gasteiger partial charge < -0.3 is 4.74 Å². The van der Waals surface area contributed by atoms with Gasteiger partial charge in [-0.15, -0.1) is 0 Å². The lowest BCUT2D eigenvalue weighted by Crippen LogP contribution is -2.32. The molecule has 0 aromatic heterocycles. The lowest BCUT2D eigenvalue weighted by molar-refractivity contribution is -0.0413. The molecule has 2 rings (SSSR count). The van der Waals surface area contributed by atoms with Crippen molar-refractivity contribution >= 4 is 22.6 Å². The Hall–Kier alpha value is -0.600. The zero-order chi connectivity index (χ0) is 12.1. The van der Waals surface area contributed by atoms with E-state index in [0.29, 0.717) is 18.4 Å². The zero-order valence-corrected chi connectivity index (χ0v) is 11.8. The second-order valence-electron chi connectivity index (χ2n) is 4.48. The van der Waals surface area contributed by atoms with Gasteiger partial charge in [-0.25, -0.2) is 0 Å². The Labute approximate surface area is 116 Å². The molecule has 0 amide bonds. The molecule has 0 unspecified atom stereocenters. The van der Waals surface area contributed by atoms with Crippen molar-refractivity contribution in [2.24, 2.45) is 0 Å². The Bertz CT molecular complexity index is 387.